The van der Waals surface area contributed by atoms with Crippen LogP contribution in [0.4, 0.5) is 0 Å². The van der Waals surface area contributed by atoms with Crippen LogP contribution in [0.15, 0.2) is 17.2 Å². The van der Waals surface area contributed by atoms with Crippen LogP contribution in [-0.4, -0.2) is 9.97 Å². The van der Waals surface area contributed by atoms with Crippen molar-refractivity contribution in [3.8, 4) is 0 Å². The summed E-state index contributed by atoms with van der Waals surface area (Å²) in [6, 6.07) is 1.99. The number of nitrogens with one attached hydrogen (secondary N) is 1. The van der Waals surface area contributed by atoms with Crippen molar-refractivity contribution in [3.63, 3.8) is 0 Å². The molecule has 17 heavy (non-hydrogen) atoms. The minimum absolute atomic E-state index is 0.0246. The number of rotatable bonds is 6. The van der Waals surface area contributed by atoms with Crippen molar-refractivity contribution in [2.45, 2.75) is 45.4 Å². The van der Waals surface area contributed by atoms with Gasteiger partial charge in [0.2, 0.25) is 0 Å². The van der Waals surface area contributed by atoms with E-state index in [1.807, 2.05) is 6.07 Å². The molecule has 0 bridgehead atoms. The molecule has 0 radical (unpaired) electrons. The molecule has 0 aromatic carbocycles. The summed E-state index contributed by atoms with van der Waals surface area (Å²) in [7, 11) is 0. The molecule has 0 aliphatic carbocycles. The van der Waals surface area contributed by atoms with Crippen LogP contribution >= 0.6 is 11.3 Å². The van der Waals surface area contributed by atoms with E-state index in [0.29, 0.717) is 0 Å². The lowest BCUT2D eigenvalue weighted by Gasteiger charge is -1.97. The molecular weight excluding hydrogens is 232 g/mol. The van der Waals surface area contributed by atoms with Gasteiger partial charge in [-0.1, -0.05) is 32.6 Å². The normalized spacial score (nSPS) is 11.1. The number of hydrogen-bond acceptors (Lipinski definition) is 3. The topological polar surface area (TPSA) is 45.8 Å². The Labute approximate surface area is 105 Å². The zero-order chi connectivity index (χ0) is 12.1. The fraction of sp³-hybridized carbons (Fsp3) is 0.538. The lowest BCUT2D eigenvalue weighted by Crippen LogP contribution is -2.03. The van der Waals surface area contributed by atoms with E-state index in [1.165, 1.54) is 43.3 Å². The molecular formula is C13H18N2OS. The average Bonchev–Trinajstić information content (AvgIpc) is 2.73. The molecule has 0 spiro atoms. The smallest absolute Gasteiger partial charge is 0.259 e. The Bertz CT molecular complexity index is 529. The molecule has 2 aromatic heterocycles. The largest absolute Gasteiger partial charge is 0.313 e. The number of thiophene rings is 1. The number of hydrogen-bond donors (Lipinski definition) is 1. The van der Waals surface area contributed by atoms with E-state index >= 15 is 0 Å². The van der Waals surface area contributed by atoms with Crippen LogP contribution in [0.2, 0.25) is 0 Å². The molecule has 0 amide bonds. The van der Waals surface area contributed by atoms with Crippen molar-refractivity contribution in [3.05, 3.63) is 27.6 Å². The van der Waals surface area contributed by atoms with Gasteiger partial charge in [-0.2, -0.15) is 0 Å². The average molecular weight is 250 g/mol. The fourth-order valence-corrected chi connectivity index (χ4v) is 2.98. The summed E-state index contributed by atoms with van der Waals surface area (Å²) < 4.78 is 0. The summed E-state index contributed by atoms with van der Waals surface area (Å²) in [5, 5.41) is 0.737. The number of aryl methyl sites for hydroxylation is 1. The Hall–Kier alpha value is -1.16. The van der Waals surface area contributed by atoms with Crippen molar-refractivity contribution in [2.24, 2.45) is 0 Å². The highest BCUT2D eigenvalue weighted by molar-refractivity contribution is 7.18. The molecule has 3 nitrogen and oxygen atoms in total. The SMILES string of the molecule is CCCCCCCc1cc2c(=O)[nH]cnc2s1. The zero-order valence-electron chi connectivity index (χ0n) is 10.2. The Kier molecular flexibility index (Phi) is 4.31. The third kappa shape index (κ3) is 3.16. The number of aromatic amines is 1. The molecule has 0 saturated carbocycles. The van der Waals surface area contributed by atoms with Gasteiger partial charge in [-0.15, -0.1) is 11.3 Å². The first-order valence-corrected chi connectivity index (χ1v) is 7.09. The van der Waals surface area contributed by atoms with Gasteiger partial charge in [0, 0.05) is 4.88 Å². The fourth-order valence-electron chi connectivity index (χ4n) is 1.94. The van der Waals surface area contributed by atoms with Crippen LogP contribution in [0.1, 0.15) is 43.9 Å². The van der Waals surface area contributed by atoms with E-state index in [9.17, 15) is 4.79 Å². The maximum absolute atomic E-state index is 11.5. The molecule has 1 N–H and O–H groups in total. The third-order valence-electron chi connectivity index (χ3n) is 2.91. The standard InChI is InChI=1S/C13H18N2OS/c1-2-3-4-5-6-7-10-8-11-12(16)14-9-15-13(11)17-10/h8-9H,2-7H2,1H3,(H,14,15,16). The second-order valence-electron chi connectivity index (χ2n) is 4.33. The molecule has 2 rings (SSSR count). The number of unbranched alkanes of at least 4 members (excludes halogenated alkanes) is 4. The minimum Gasteiger partial charge on any atom is -0.313 e. The highest BCUT2D eigenvalue weighted by Crippen LogP contribution is 2.22. The number of nitrogens with zero attached hydrogens (tertiary/aromatic N) is 1. The Balaban J connectivity index is 1.96. The number of fused-ring (bicyclic) bond motifs is 1. The molecule has 0 atom stereocenters. The third-order valence-corrected chi connectivity index (χ3v) is 4.02. The Morgan fingerprint density at radius 1 is 1.29 bits per heavy atom. The van der Waals surface area contributed by atoms with Crippen LogP contribution in [-0.2, 0) is 6.42 Å². The minimum atomic E-state index is -0.0246. The van der Waals surface area contributed by atoms with E-state index in [0.717, 1.165) is 16.6 Å². The molecule has 0 saturated heterocycles. The van der Waals surface area contributed by atoms with Gasteiger partial charge in [-0.25, -0.2) is 4.98 Å². The summed E-state index contributed by atoms with van der Waals surface area (Å²) in [5.41, 5.74) is -0.0246. The summed E-state index contributed by atoms with van der Waals surface area (Å²) in [4.78, 5) is 20.5. The first-order chi connectivity index (χ1) is 8.31. The molecule has 0 unspecified atom stereocenters. The maximum atomic E-state index is 11.5. The summed E-state index contributed by atoms with van der Waals surface area (Å²) in [6.45, 7) is 2.23. The Morgan fingerprint density at radius 3 is 2.88 bits per heavy atom. The zero-order valence-corrected chi connectivity index (χ0v) is 11.0. The first kappa shape index (κ1) is 12.3. The molecule has 2 aromatic rings. The van der Waals surface area contributed by atoms with Gasteiger partial charge in [-0.3, -0.25) is 4.79 Å². The van der Waals surface area contributed by atoms with Crippen LogP contribution in [0.25, 0.3) is 10.2 Å². The van der Waals surface area contributed by atoms with Crippen molar-refractivity contribution in [2.75, 3.05) is 0 Å². The van der Waals surface area contributed by atoms with E-state index < -0.39 is 0 Å². The lowest BCUT2D eigenvalue weighted by atomic mass is 10.1. The molecule has 4 heteroatoms. The maximum Gasteiger partial charge on any atom is 0.259 e. The van der Waals surface area contributed by atoms with Crippen molar-refractivity contribution < 1.29 is 0 Å². The van der Waals surface area contributed by atoms with Gasteiger partial charge < -0.3 is 4.98 Å². The van der Waals surface area contributed by atoms with Gasteiger partial charge >= 0.3 is 0 Å². The van der Waals surface area contributed by atoms with Gasteiger partial charge in [0.25, 0.3) is 5.56 Å². The van der Waals surface area contributed by atoms with Crippen molar-refractivity contribution in [1.29, 1.82) is 0 Å². The van der Waals surface area contributed by atoms with Crippen molar-refractivity contribution in [1.82, 2.24) is 9.97 Å². The molecule has 0 aliphatic heterocycles. The highest BCUT2D eigenvalue weighted by atomic mass is 32.1. The number of H-pyrrole nitrogens is 1. The van der Waals surface area contributed by atoms with Crippen LogP contribution in [0, 0.1) is 0 Å². The Morgan fingerprint density at radius 2 is 2.12 bits per heavy atom. The molecule has 0 aliphatic rings. The second-order valence-corrected chi connectivity index (χ2v) is 5.44. The summed E-state index contributed by atoms with van der Waals surface area (Å²) in [6.07, 6.45) is 8.98. The quantitative estimate of drug-likeness (QED) is 0.798. The van der Waals surface area contributed by atoms with E-state index in [1.54, 1.807) is 11.3 Å². The van der Waals surface area contributed by atoms with Crippen LogP contribution < -0.4 is 5.56 Å². The summed E-state index contributed by atoms with van der Waals surface area (Å²) in [5.74, 6) is 0. The van der Waals surface area contributed by atoms with Gasteiger partial charge in [0.15, 0.2) is 0 Å². The highest BCUT2D eigenvalue weighted by Gasteiger charge is 2.05. The lowest BCUT2D eigenvalue weighted by molar-refractivity contribution is 0.634. The van der Waals surface area contributed by atoms with E-state index in [2.05, 4.69) is 16.9 Å². The first-order valence-electron chi connectivity index (χ1n) is 6.27. The van der Waals surface area contributed by atoms with Gasteiger partial charge in [0.05, 0.1) is 11.7 Å². The van der Waals surface area contributed by atoms with Crippen molar-refractivity contribution >= 4 is 21.6 Å². The summed E-state index contributed by atoms with van der Waals surface area (Å²) >= 11 is 1.64. The molecule has 92 valence electrons. The van der Waals surface area contributed by atoms with Gasteiger partial charge in [0.1, 0.15) is 4.83 Å². The van der Waals surface area contributed by atoms with Gasteiger partial charge in [-0.05, 0) is 18.9 Å². The van der Waals surface area contributed by atoms with Crippen LogP contribution in [0.3, 0.4) is 0 Å². The van der Waals surface area contributed by atoms with Crippen LogP contribution in [0.5, 0.6) is 0 Å². The molecule has 0 fully saturated rings. The second kappa shape index (κ2) is 5.96. The molecule has 2 heterocycles. The van der Waals surface area contributed by atoms with E-state index in [-0.39, 0.29) is 5.56 Å². The monoisotopic (exact) mass is 250 g/mol. The predicted octanol–water partition coefficient (Wildman–Crippen LogP) is 3.50. The number of aromatic nitrogens is 2. The predicted molar refractivity (Wildman–Crippen MR) is 72.7 cm³/mol. The van der Waals surface area contributed by atoms with E-state index in [4.69, 9.17) is 0 Å².